The smallest absolute Gasteiger partial charge is 0.0343 e. The first-order chi connectivity index (χ1) is 5.09. The molecular weight excluding hydrogens is 138 g/mol. The second-order valence-corrected chi connectivity index (χ2v) is 3.24. The summed E-state index contributed by atoms with van der Waals surface area (Å²) >= 11 is 0. The summed E-state index contributed by atoms with van der Waals surface area (Å²) in [6, 6.07) is 0.0124. The van der Waals surface area contributed by atoms with Gasteiger partial charge in [-0.1, -0.05) is 19.8 Å². The second-order valence-electron chi connectivity index (χ2n) is 3.24. The van der Waals surface area contributed by atoms with Crippen molar-refractivity contribution in [1.82, 2.24) is 0 Å². The van der Waals surface area contributed by atoms with Crippen molar-refractivity contribution in [2.75, 3.05) is 0 Å². The lowest BCUT2D eigenvalue weighted by atomic mass is 9.99. The maximum absolute atomic E-state index is 5.80. The maximum Gasteiger partial charge on any atom is 0.0343 e. The molecule has 3 heteroatoms. The molecule has 0 radical (unpaired) electrons. The van der Waals surface area contributed by atoms with Crippen LogP contribution in [0.2, 0.25) is 0 Å². The van der Waals surface area contributed by atoms with Crippen LogP contribution in [0.4, 0.5) is 0 Å². The molecule has 68 valence electrons. The van der Waals surface area contributed by atoms with Gasteiger partial charge in [-0.05, 0) is 13.3 Å². The minimum absolute atomic E-state index is 0.00172. The van der Waals surface area contributed by atoms with Gasteiger partial charge >= 0.3 is 0 Å². The normalized spacial score (nSPS) is 19.4. The van der Waals surface area contributed by atoms with Crippen LogP contribution in [-0.2, 0) is 0 Å². The zero-order valence-corrected chi connectivity index (χ0v) is 7.59. The monoisotopic (exact) mass is 159 g/mol. The Balaban J connectivity index is 3.55. The van der Waals surface area contributed by atoms with Gasteiger partial charge in [0.2, 0.25) is 0 Å². The minimum Gasteiger partial charge on any atom is -0.326 e. The van der Waals surface area contributed by atoms with E-state index in [1.54, 1.807) is 0 Å². The van der Waals surface area contributed by atoms with Gasteiger partial charge in [-0.2, -0.15) is 0 Å². The van der Waals surface area contributed by atoms with E-state index in [0.717, 1.165) is 12.8 Å². The van der Waals surface area contributed by atoms with Gasteiger partial charge in [0.15, 0.2) is 0 Å². The van der Waals surface area contributed by atoms with Gasteiger partial charge in [0, 0.05) is 18.1 Å². The van der Waals surface area contributed by atoms with Crippen LogP contribution >= 0.6 is 0 Å². The van der Waals surface area contributed by atoms with Crippen molar-refractivity contribution in [3.63, 3.8) is 0 Å². The molecule has 0 heterocycles. The number of hydrogen-bond acceptors (Lipinski definition) is 3. The van der Waals surface area contributed by atoms with E-state index >= 15 is 0 Å². The zero-order chi connectivity index (χ0) is 8.85. The Morgan fingerprint density at radius 3 is 2.09 bits per heavy atom. The van der Waals surface area contributed by atoms with E-state index in [0.29, 0.717) is 0 Å². The van der Waals surface area contributed by atoms with E-state index < -0.39 is 0 Å². The molecule has 0 rings (SSSR count). The number of unbranched alkanes of at least 4 members (excludes halogenated alkanes) is 1. The third kappa shape index (κ3) is 4.35. The van der Waals surface area contributed by atoms with E-state index in [4.69, 9.17) is 17.2 Å². The lowest BCUT2D eigenvalue weighted by Gasteiger charge is -2.22. The molecule has 0 aromatic heterocycles. The second kappa shape index (κ2) is 5.52. The largest absolute Gasteiger partial charge is 0.326 e. The first-order valence-corrected chi connectivity index (χ1v) is 4.36. The van der Waals surface area contributed by atoms with Crippen LogP contribution in [0, 0.1) is 0 Å². The van der Waals surface area contributed by atoms with Gasteiger partial charge in [0.05, 0.1) is 0 Å². The summed E-state index contributed by atoms with van der Waals surface area (Å²) in [6.07, 6.45) is 3.29. The summed E-state index contributed by atoms with van der Waals surface area (Å²) in [5.74, 6) is 0. The summed E-state index contributed by atoms with van der Waals surface area (Å²) in [6.45, 7) is 4.04. The molecule has 0 amide bonds. The van der Waals surface area contributed by atoms with Gasteiger partial charge in [-0.25, -0.2) is 0 Å². The molecule has 3 unspecified atom stereocenters. The lowest BCUT2D eigenvalue weighted by Crippen LogP contribution is -2.51. The Morgan fingerprint density at radius 2 is 1.73 bits per heavy atom. The Labute approximate surface area is 69.3 Å². The molecule has 0 fully saturated rings. The summed E-state index contributed by atoms with van der Waals surface area (Å²) in [4.78, 5) is 0. The predicted octanol–water partition coefficient (Wildman–Crippen LogP) is 0.178. The average Bonchev–Trinajstić information content (AvgIpc) is 1.98. The molecule has 0 bridgehead atoms. The first-order valence-electron chi connectivity index (χ1n) is 4.36. The summed E-state index contributed by atoms with van der Waals surface area (Å²) in [5, 5.41) is 0. The third-order valence-electron chi connectivity index (χ3n) is 1.99. The van der Waals surface area contributed by atoms with E-state index in [2.05, 4.69) is 6.92 Å². The van der Waals surface area contributed by atoms with E-state index in [1.165, 1.54) is 6.42 Å². The molecule has 0 saturated heterocycles. The average molecular weight is 159 g/mol. The van der Waals surface area contributed by atoms with Crippen LogP contribution in [0.1, 0.15) is 33.1 Å². The van der Waals surface area contributed by atoms with Crippen molar-refractivity contribution in [2.45, 2.75) is 51.2 Å². The number of hydrogen-bond donors (Lipinski definition) is 3. The Kier molecular flexibility index (Phi) is 5.46. The zero-order valence-electron chi connectivity index (χ0n) is 7.59. The standard InChI is InChI=1S/C8H21N3/c1-3-4-5-7(10)8(11)6(2)9/h6-8H,3-5,9-11H2,1-2H3. The van der Waals surface area contributed by atoms with Crippen molar-refractivity contribution in [2.24, 2.45) is 17.2 Å². The van der Waals surface area contributed by atoms with Crippen LogP contribution in [0.3, 0.4) is 0 Å². The highest BCUT2D eigenvalue weighted by Crippen LogP contribution is 2.02. The van der Waals surface area contributed by atoms with Crippen LogP contribution in [0.15, 0.2) is 0 Å². The number of nitrogens with two attached hydrogens (primary N) is 3. The fraction of sp³-hybridized carbons (Fsp3) is 1.00. The molecule has 3 atom stereocenters. The summed E-state index contributed by atoms with van der Waals surface area (Å²) < 4.78 is 0. The molecule has 0 spiro atoms. The quantitative estimate of drug-likeness (QED) is 0.535. The SMILES string of the molecule is CCCCC(N)C(N)C(C)N. The first kappa shape index (κ1) is 10.9. The minimum atomic E-state index is -0.0541. The van der Waals surface area contributed by atoms with Crippen molar-refractivity contribution in [1.29, 1.82) is 0 Å². The van der Waals surface area contributed by atoms with Crippen LogP contribution in [-0.4, -0.2) is 18.1 Å². The van der Waals surface area contributed by atoms with Crippen molar-refractivity contribution >= 4 is 0 Å². The topological polar surface area (TPSA) is 78.1 Å². The highest BCUT2D eigenvalue weighted by atomic mass is 14.8. The Hall–Kier alpha value is -0.120. The fourth-order valence-electron chi connectivity index (χ4n) is 1.02. The van der Waals surface area contributed by atoms with Crippen molar-refractivity contribution in [3.8, 4) is 0 Å². The van der Waals surface area contributed by atoms with Gasteiger partial charge < -0.3 is 17.2 Å². The molecule has 11 heavy (non-hydrogen) atoms. The van der Waals surface area contributed by atoms with Gasteiger partial charge in [0.25, 0.3) is 0 Å². The lowest BCUT2D eigenvalue weighted by molar-refractivity contribution is 0.431. The highest BCUT2D eigenvalue weighted by Gasteiger charge is 2.15. The van der Waals surface area contributed by atoms with Gasteiger partial charge in [-0.3, -0.25) is 0 Å². The van der Waals surface area contributed by atoms with Crippen molar-refractivity contribution < 1.29 is 0 Å². The highest BCUT2D eigenvalue weighted by molar-refractivity contribution is 4.82. The fourth-order valence-corrected chi connectivity index (χ4v) is 1.02. The third-order valence-corrected chi connectivity index (χ3v) is 1.99. The van der Waals surface area contributed by atoms with E-state index in [9.17, 15) is 0 Å². The van der Waals surface area contributed by atoms with Gasteiger partial charge in [0.1, 0.15) is 0 Å². The molecule has 6 N–H and O–H groups in total. The maximum atomic E-state index is 5.80. The molecule has 0 aliphatic heterocycles. The number of rotatable bonds is 5. The van der Waals surface area contributed by atoms with E-state index in [-0.39, 0.29) is 18.1 Å². The summed E-state index contributed by atoms with van der Waals surface area (Å²) in [5.41, 5.74) is 17.2. The van der Waals surface area contributed by atoms with Gasteiger partial charge in [-0.15, -0.1) is 0 Å². The predicted molar refractivity (Wildman–Crippen MR) is 49.1 cm³/mol. The molecule has 3 nitrogen and oxygen atoms in total. The van der Waals surface area contributed by atoms with Crippen molar-refractivity contribution in [3.05, 3.63) is 0 Å². The Bertz CT molecular complexity index is 93.3. The van der Waals surface area contributed by atoms with Crippen LogP contribution < -0.4 is 17.2 Å². The van der Waals surface area contributed by atoms with Crippen LogP contribution in [0.5, 0.6) is 0 Å². The molecule has 0 aliphatic carbocycles. The molecular formula is C8H21N3. The summed E-state index contributed by atoms with van der Waals surface area (Å²) in [7, 11) is 0. The van der Waals surface area contributed by atoms with E-state index in [1.807, 2.05) is 6.92 Å². The van der Waals surface area contributed by atoms with Crippen LogP contribution in [0.25, 0.3) is 0 Å². The Morgan fingerprint density at radius 1 is 1.18 bits per heavy atom. The molecule has 0 aromatic carbocycles. The molecule has 0 saturated carbocycles. The molecule has 0 aliphatic rings. The molecule has 0 aromatic rings.